The molecule has 1 N–H and O–H groups in total. The molecule has 0 radical (unpaired) electrons. The summed E-state index contributed by atoms with van der Waals surface area (Å²) in [5, 5.41) is -0.205. The summed E-state index contributed by atoms with van der Waals surface area (Å²) in [5.74, 6) is 0.480. The molecule has 106 valence electrons. The molecule has 1 aromatic carbocycles. The van der Waals surface area contributed by atoms with E-state index in [1.807, 2.05) is 24.3 Å². The van der Waals surface area contributed by atoms with Gasteiger partial charge in [0.15, 0.2) is 0 Å². The number of rotatable bonds is 5. The molecule has 1 saturated carbocycles. The fourth-order valence-corrected chi connectivity index (χ4v) is 4.16. The second-order valence-electron chi connectivity index (χ2n) is 5.08. The van der Waals surface area contributed by atoms with Crippen LogP contribution in [0, 0.1) is 0 Å². The molecule has 5 heteroatoms. The average Bonchev–Trinajstić information content (AvgIpc) is 2.47. The first-order valence-corrected chi connectivity index (χ1v) is 8.82. The molecule has 0 bridgehead atoms. The van der Waals surface area contributed by atoms with Crippen LogP contribution in [0.3, 0.4) is 0 Å². The zero-order chi connectivity index (χ0) is 13.7. The standard InChI is InChI=1S/C14H20ClNO2S/c15-10-12-6-8-13(9-7-12)11-16-19(17,18)14-4-2-1-3-5-14/h6-9,14,16H,1-5,10-11H2. The lowest BCUT2D eigenvalue weighted by atomic mass is 10.0. The Labute approximate surface area is 120 Å². The Bertz CT molecular complexity index is 493. The van der Waals surface area contributed by atoms with Crippen LogP contribution in [0.2, 0.25) is 0 Å². The Hall–Kier alpha value is -0.580. The number of hydrogen-bond acceptors (Lipinski definition) is 2. The normalized spacial score (nSPS) is 17.5. The third kappa shape index (κ3) is 4.20. The predicted octanol–water partition coefficient (Wildman–Crippen LogP) is 3.18. The zero-order valence-corrected chi connectivity index (χ0v) is 12.5. The second kappa shape index (κ2) is 6.73. The molecule has 3 nitrogen and oxygen atoms in total. The van der Waals surface area contributed by atoms with Crippen LogP contribution in [0.25, 0.3) is 0 Å². The number of nitrogens with one attached hydrogen (secondary N) is 1. The fourth-order valence-electron chi connectivity index (χ4n) is 2.42. The van der Waals surface area contributed by atoms with E-state index in [-0.39, 0.29) is 5.25 Å². The predicted molar refractivity (Wildman–Crippen MR) is 78.6 cm³/mol. The van der Waals surface area contributed by atoms with Gasteiger partial charge in [-0.2, -0.15) is 0 Å². The maximum Gasteiger partial charge on any atom is 0.214 e. The van der Waals surface area contributed by atoms with Crippen LogP contribution in [0.4, 0.5) is 0 Å². The van der Waals surface area contributed by atoms with Crippen molar-refractivity contribution in [1.82, 2.24) is 4.72 Å². The van der Waals surface area contributed by atoms with Gasteiger partial charge in [0, 0.05) is 12.4 Å². The maximum absolute atomic E-state index is 12.1. The monoisotopic (exact) mass is 301 g/mol. The molecule has 0 unspecified atom stereocenters. The smallest absolute Gasteiger partial charge is 0.212 e. The van der Waals surface area contributed by atoms with E-state index in [0.29, 0.717) is 12.4 Å². The van der Waals surface area contributed by atoms with E-state index in [1.54, 1.807) is 0 Å². The first-order valence-electron chi connectivity index (χ1n) is 6.74. The van der Waals surface area contributed by atoms with Gasteiger partial charge in [-0.3, -0.25) is 0 Å². The van der Waals surface area contributed by atoms with Crippen LogP contribution in [-0.2, 0) is 22.4 Å². The number of halogens is 1. The molecular formula is C14H20ClNO2S. The minimum atomic E-state index is -3.17. The van der Waals surface area contributed by atoms with E-state index in [1.165, 1.54) is 0 Å². The molecule has 2 rings (SSSR count). The molecule has 0 amide bonds. The summed E-state index contributed by atoms with van der Waals surface area (Å²) < 4.78 is 27.0. The molecule has 1 aliphatic carbocycles. The molecule has 0 atom stereocenters. The van der Waals surface area contributed by atoms with E-state index in [9.17, 15) is 8.42 Å². The van der Waals surface area contributed by atoms with Crippen molar-refractivity contribution in [2.45, 2.75) is 49.8 Å². The van der Waals surface area contributed by atoms with Gasteiger partial charge in [-0.05, 0) is 24.0 Å². The van der Waals surface area contributed by atoms with Crippen molar-refractivity contribution in [2.24, 2.45) is 0 Å². The number of benzene rings is 1. The Kier molecular flexibility index (Phi) is 5.25. The van der Waals surface area contributed by atoms with Gasteiger partial charge in [0.2, 0.25) is 10.0 Å². The lowest BCUT2D eigenvalue weighted by molar-refractivity contribution is 0.477. The lowest BCUT2D eigenvalue weighted by Crippen LogP contribution is -2.35. The van der Waals surface area contributed by atoms with Gasteiger partial charge >= 0.3 is 0 Å². The van der Waals surface area contributed by atoms with E-state index < -0.39 is 10.0 Å². The molecule has 0 aliphatic heterocycles. The third-order valence-electron chi connectivity index (χ3n) is 3.65. The van der Waals surface area contributed by atoms with Crippen molar-refractivity contribution < 1.29 is 8.42 Å². The quantitative estimate of drug-likeness (QED) is 0.849. The van der Waals surface area contributed by atoms with Gasteiger partial charge in [-0.15, -0.1) is 11.6 Å². The van der Waals surface area contributed by atoms with E-state index in [0.717, 1.165) is 43.2 Å². The van der Waals surface area contributed by atoms with Crippen LogP contribution in [0.15, 0.2) is 24.3 Å². The van der Waals surface area contributed by atoms with Gasteiger partial charge in [0.1, 0.15) is 0 Å². The second-order valence-corrected chi connectivity index (χ2v) is 7.39. The number of alkyl halides is 1. The average molecular weight is 302 g/mol. The Balaban J connectivity index is 1.92. The van der Waals surface area contributed by atoms with Crippen LogP contribution in [0.1, 0.15) is 43.2 Å². The molecule has 19 heavy (non-hydrogen) atoms. The Morgan fingerprint density at radius 2 is 1.63 bits per heavy atom. The molecule has 1 fully saturated rings. The summed E-state index contributed by atoms with van der Waals surface area (Å²) >= 11 is 5.72. The van der Waals surface area contributed by atoms with Gasteiger partial charge in [0.25, 0.3) is 0 Å². The number of sulfonamides is 1. The summed E-state index contributed by atoms with van der Waals surface area (Å²) in [5.41, 5.74) is 2.01. The van der Waals surface area contributed by atoms with Gasteiger partial charge in [-0.25, -0.2) is 13.1 Å². The lowest BCUT2D eigenvalue weighted by Gasteiger charge is -2.22. The molecule has 0 aromatic heterocycles. The van der Waals surface area contributed by atoms with Crippen molar-refractivity contribution in [3.63, 3.8) is 0 Å². The van der Waals surface area contributed by atoms with Crippen molar-refractivity contribution in [3.05, 3.63) is 35.4 Å². The molecule has 0 saturated heterocycles. The first-order chi connectivity index (χ1) is 9.12. The van der Waals surface area contributed by atoms with E-state index in [2.05, 4.69) is 4.72 Å². The molecule has 1 aliphatic rings. The van der Waals surface area contributed by atoms with Gasteiger partial charge in [0.05, 0.1) is 5.25 Å². The molecular weight excluding hydrogens is 282 g/mol. The topological polar surface area (TPSA) is 46.2 Å². The zero-order valence-electron chi connectivity index (χ0n) is 10.9. The fraction of sp³-hybridized carbons (Fsp3) is 0.571. The van der Waals surface area contributed by atoms with E-state index in [4.69, 9.17) is 11.6 Å². The highest BCUT2D eigenvalue weighted by atomic mass is 35.5. The van der Waals surface area contributed by atoms with Gasteiger partial charge < -0.3 is 0 Å². The Morgan fingerprint density at radius 1 is 1.05 bits per heavy atom. The summed E-state index contributed by atoms with van der Waals surface area (Å²) in [6, 6.07) is 7.69. The summed E-state index contributed by atoms with van der Waals surface area (Å²) in [4.78, 5) is 0. The van der Waals surface area contributed by atoms with Crippen molar-refractivity contribution in [1.29, 1.82) is 0 Å². The SMILES string of the molecule is O=S(=O)(NCc1ccc(CCl)cc1)C1CCCCC1. The minimum absolute atomic E-state index is 0.205. The van der Waals surface area contributed by atoms with Crippen LogP contribution < -0.4 is 4.72 Å². The number of hydrogen-bond donors (Lipinski definition) is 1. The molecule has 0 heterocycles. The van der Waals surface area contributed by atoms with E-state index >= 15 is 0 Å². The summed E-state index contributed by atoms with van der Waals surface area (Å²) in [7, 11) is -3.17. The Morgan fingerprint density at radius 3 is 2.21 bits per heavy atom. The van der Waals surface area contributed by atoms with Gasteiger partial charge in [-0.1, -0.05) is 43.5 Å². The van der Waals surface area contributed by atoms with Crippen molar-refractivity contribution in [3.8, 4) is 0 Å². The highest BCUT2D eigenvalue weighted by molar-refractivity contribution is 7.90. The van der Waals surface area contributed by atoms with Crippen molar-refractivity contribution in [2.75, 3.05) is 0 Å². The highest BCUT2D eigenvalue weighted by Crippen LogP contribution is 2.23. The first kappa shape index (κ1) is 14.8. The summed E-state index contributed by atoms with van der Waals surface area (Å²) in [6.45, 7) is 0.362. The molecule has 1 aromatic rings. The largest absolute Gasteiger partial charge is 0.214 e. The maximum atomic E-state index is 12.1. The van der Waals surface area contributed by atoms with Crippen LogP contribution in [0.5, 0.6) is 0 Å². The highest BCUT2D eigenvalue weighted by Gasteiger charge is 2.26. The summed E-state index contributed by atoms with van der Waals surface area (Å²) in [6.07, 6.45) is 4.79. The minimum Gasteiger partial charge on any atom is -0.212 e. The third-order valence-corrected chi connectivity index (χ3v) is 5.85. The van der Waals surface area contributed by atoms with Crippen molar-refractivity contribution >= 4 is 21.6 Å². The van der Waals surface area contributed by atoms with Crippen LogP contribution in [-0.4, -0.2) is 13.7 Å². The molecule has 0 spiro atoms. The van der Waals surface area contributed by atoms with Crippen LogP contribution >= 0.6 is 11.6 Å².